The Morgan fingerprint density at radius 3 is 2.57 bits per heavy atom. The van der Waals surface area contributed by atoms with Crippen molar-refractivity contribution in [3.63, 3.8) is 0 Å². The predicted molar refractivity (Wildman–Crippen MR) is 58.3 cm³/mol. The summed E-state index contributed by atoms with van der Waals surface area (Å²) in [6, 6.07) is 10.5. The minimum absolute atomic E-state index is 0.0180. The zero-order chi connectivity index (χ0) is 9.86. The molecule has 0 N–H and O–H groups in total. The molecule has 0 saturated carbocycles. The lowest BCUT2D eigenvalue weighted by atomic mass is 9.88. The smallest absolute Gasteiger partial charge is 0.0884 e. The Kier molecular flexibility index (Phi) is 2.69. The number of ether oxygens (including phenoxy) is 1. The third-order valence-corrected chi connectivity index (χ3v) is 2.97. The summed E-state index contributed by atoms with van der Waals surface area (Å²) in [4.78, 5) is 0. The fraction of sp³-hybridized carbons (Fsp3) is 0.385. The highest BCUT2D eigenvalue weighted by Crippen LogP contribution is 2.32. The van der Waals surface area contributed by atoms with Crippen LogP contribution in [0.3, 0.4) is 0 Å². The van der Waals surface area contributed by atoms with Gasteiger partial charge in [-0.25, -0.2) is 0 Å². The molecule has 0 aliphatic carbocycles. The molecule has 1 heteroatoms. The van der Waals surface area contributed by atoms with E-state index in [2.05, 4.69) is 30.8 Å². The standard InChI is InChI=1S/C13H16O/c1-2-13(10-11-14-13)9-8-12-6-4-3-5-7-12/h2-7H,1,8-11H2. The molecule has 1 heterocycles. The van der Waals surface area contributed by atoms with Gasteiger partial charge in [0.15, 0.2) is 0 Å². The number of rotatable bonds is 4. The van der Waals surface area contributed by atoms with Gasteiger partial charge in [0.25, 0.3) is 0 Å². The molecular weight excluding hydrogens is 172 g/mol. The Bertz CT molecular complexity index is 298. The van der Waals surface area contributed by atoms with E-state index in [0.29, 0.717) is 0 Å². The highest BCUT2D eigenvalue weighted by molar-refractivity contribution is 5.16. The van der Waals surface area contributed by atoms with Crippen LogP contribution in [0.15, 0.2) is 43.0 Å². The largest absolute Gasteiger partial charge is 0.371 e. The van der Waals surface area contributed by atoms with Crippen LogP contribution in [0.5, 0.6) is 0 Å². The molecule has 1 aliphatic rings. The van der Waals surface area contributed by atoms with E-state index in [4.69, 9.17) is 4.74 Å². The fourth-order valence-electron chi connectivity index (χ4n) is 1.83. The van der Waals surface area contributed by atoms with Crippen LogP contribution in [0.2, 0.25) is 0 Å². The zero-order valence-electron chi connectivity index (χ0n) is 8.41. The molecule has 74 valence electrons. The maximum Gasteiger partial charge on any atom is 0.0884 e. The summed E-state index contributed by atoms with van der Waals surface area (Å²) < 4.78 is 5.57. The molecule has 0 radical (unpaired) electrons. The van der Waals surface area contributed by atoms with Gasteiger partial charge in [-0.1, -0.05) is 36.4 Å². The molecule has 1 atom stereocenters. The van der Waals surface area contributed by atoms with Crippen molar-refractivity contribution in [2.24, 2.45) is 0 Å². The normalized spacial score (nSPS) is 25.4. The average molecular weight is 188 g/mol. The lowest BCUT2D eigenvalue weighted by Crippen LogP contribution is -2.41. The summed E-state index contributed by atoms with van der Waals surface area (Å²) in [7, 11) is 0. The maximum atomic E-state index is 5.57. The van der Waals surface area contributed by atoms with Crippen molar-refractivity contribution in [2.75, 3.05) is 6.61 Å². The van der Waals surface area contributed by atoms with Crippen molar-refractivity contribution < 1.29 is 4.74 Å². The molecule has 0 spiro atoms. The first-order valence-electron chi connectivity index (χ1n) is 5.16. The Morgan fingerprint density at radius 1 is 1.36 bits per heavy atom. The van der Waals surface area contributed by atoms with Gasteiger partial charge >= 0.3 is 0 Å². The van der Waals surface area contributed by atoms with Crippen LogP contribution in [0, 0.1) is 0 Å². The Balaban J connectivity index is 1.91. The lowest BCUT2D eigenvalue weighted by Gasteiger charge is -2.39. The van der Waals surface area contributed by atoms with Crippen LogP contribution in [-0.4, -0.2) is 12.2 Å². The predicted octanol–water partition coefficient (Wildman–Crippen LogP) is 2.96. The molecule has 1 aromatic carbocycles. The topological polar surface area (TPSA) is 9.23 Å². The van der Waals surface area contributed by atoms with Gasteiger partial charge in [0.05, 0.1) is 12.2 Å². The monoisotopic (exact) mass is 188 g/mol. The minimum atomic E-state index is -0.0180. The van der Waals surface area contributed by atoms with Gasteiger partial charge in [-0.05, 0) is 18.4 Å². The summed E-state index contributed by atoms with van der Waals surface area (Å²) in [5, 5.41) is 0. The first-order valence-corrected chi connectivity index (χ1v) is 5.16. The third kappa shape index (κ3) is 1.88. The second-order valence-corrected chi connectivity index (χ2v) is 3.85. The minimum Gasteiger partial charge on any atom is -0.371 e. The number of hydrogen-bond donors (Lipinski definition) is 0. The van der Waals surface area contributed by atoms with Crippen molar-refractivity contribution in [3.05, 3.63) is 48.6 Å². The van der Waals surface area contributed by atoms with Crippen LogP contribution < -0.4 is 0 Å². The van der Waals surface area contributed by atoms with E-state index in [1.54, 1.807) is 0 Å². The van der Waals surface area contributed by atoms with Crippen molar-refractivity contribution >= 4 is 0 Å². The Labute approximate surface area is 85.4 Å². The van der Waals surface area contributed by atoms with Gasteiger partial charge in [0.2, 0.25) is 0 Å². The van der Waals surface area contributed by atoms with Gasteiger partial charge in [0.1, 0.15) is 0 Å². The molecule has 2 rings (SSSR count). The van der Waals surface area contributed by atoms with E-state index >= 15 is 0 Å². The summed E-state index contributed by atoms with van der Waals surface area (Å²) in [6.45, 7) is 4.73. The fourth-order valence-corrected chi connectivity index (χ4v) is 1.83. The molecular formula is C13H16O. The number of benzene rings is 1. The summed E-state index contributed by atoms with van der Waals surface area (Å²) in [6.07, 6.45) is 5.22. The highest BCUT2D eigenvalue weighted by Gasteiger charge is 2.34. The molecule has 1 aromatic rings. The molecule has 1 nitrogen and oxygen atoms in total. The van der Waals surface area contributed by atoms with E-state index in [1.165, 1.54) is 5.56 Å². The first-order chi connectivity index (χ1) is 6.85. The zero-order valence-corrected chi connectivity index (χ0v) is 8.41. The quantitative estimate of drug-likeness (QED) is 0.660. The third-order valence-electron chi connectivity index (χ3n) is 2.97. The molecule has 1 fully saturated rings. The second-order valence-electron chi connectivity index (χ2n) is 3.85. The Hall–Kier alpha value is -1.08. The molecule has 1 saturated heterocycles. The highest BCUT2D eigenvalue weighted by atomic mass is 16.5. The van der Waals surface area contributed by atoms with E-state index in [9.17, 15) is 0 Å². The van der Waals surface area contributed by atoms with Crippen molar-refractivity contribution in [1.82, 2.24) is 0 Å². The van der Waals surface area contributed by atoms with Gasteiger partial charge in [-0.2, -0.15) is 0 Å². The van der Waals surface area contributed by atoms with Crippen molar-refractivity contribution in [2.45, 2.75) is 24.9 Å². The van der Waals surface area contributed by atoms with Crippen molar-refractivity contribution in [3.8, 4) is 0 Å². The van der Waals surface area contributed by atoms with Crippen LogP contribution in [0.25, 0.3) is 0 Å². The second kappa shape index (κ2) is 3.97. The number of aryl methyl sites for hydroxylation is 1. The maximum absolute atomic E-state index is 5.57. The van der Waals surface area contributed by atoms with Gasteiger partial charge in [-0.3, -0.25) is 0 Å². The molecule has 0 amide bonds. The molecule has 0 bridgehead atoms. The van der Waals surface area contributed by atoms with E-state index in [1.807, 2.05) is 12.1 Å². The van der Waals surface area contributed by atoms with Gasteiger partial charge in [0, 0.05) is 6.42 Å². The van der Waals surface area contributed by atoms with Gasteiger partial charge < -0.3 is 4.74 Å². The SMILES string of the molecule is C=CC1(CCc2ccccc2)CCO1. The lowest BCUT2D eigenvalue weighted by molar-refractivity contribution is -0.116. The Morgan fingerprint density at radius 2 is 2.07 bits per heavy atom. The number of hydrogen-bond acceptors (Lipinski definition) is 1. The van der Waals surface area contributed by atoms with Crippen molar-refractivity contribution in [1.29, 1.82) is 0 Å². The van der Waals surface area contributed by atoms with Crippen LogP contribution in [0.1, 0.15) is 18.4 Å². The molecule has 1 aliphatic heterocycles. The molecule has 0 aromatic heterocycles. The molecule has 14 heavy (non-hydrogen) atoms. The summed E-state index contributed by atoms with van der Waals surface area (Å²) >= 11 is 0. The van der Waals surface area contributed by atoms with Crippen LogP contribution >= 0.6 is 0 Å². The first kappa shape index (κ1) is 9.47. The van der Waals surface area contributed by atoms with E-state index in [0.717, 1.165) is 25.9 Å². The van der Waals surface area contributed by atoms with Crippen LogP contribution in [0.4, 0.5) is 0 Å². The van der Waals surface area contributed by atoms with Crippen LogP contribution in [-0.2, 0) is 11.2 Å². The molecule has 1 unspecified atom stereocenters. The summed E-state index contributed by atoms with van der Waals surface area (Å²) in [5.41, 5.74) is 1.36. The van der Waals surface area contributed by atoms with E-state index in [-0.39, 0.29) is 5.60 Å². The van der Waals surface area contributed by atoms with E-state index < -0.39 is 0 Å². The average Bonchev–Trinajstić information content (AvgIpc) is 2.19. The van der Waals surface area contributed by atoms with Gasteiger partial charge in [-0.15, -0.1) is 6.58 Å². The summed E-state index contributed by atoms with van der Waals surface area (Å²) in [5.74, 6) is 0.